The first-order chi connectivity index (χ1) is 14.2. The molecule has 0 atom stereocenters. The van der Waals surface area contributed by atoms with Gasteiger partial charge < -0.3 is 4.98 Å². The SMILES string of the molecule is N#Cc1cnc(C(=O)N=C2C=CC(=C3C=CC=CN3O)C=C2C2=CCCCC2)[nH]1. The number of imidazole rings is 1. The first-order valence-electron chi connectivity index (χ1n) is 9.40. The van der Waals surface area contributed by atoms with Gasteiger partial charge in [-0.25, -0.2) is 15.0 Å². The van der Waals surface area contributed by atoms with Crippen LogP contribution in [-0.4, -0.2) is 31.9 Å². The molecule has 2 heterocycles. The van der Waals surface area contributed by atoms with Crippen molar-refractivity contribution in [3.8, 4) is 6.07 Å². The van der Waals surface area contributed by atoms with Crippen LogP contribution in [0.5, 0.6) is 0 Å². The monoisotopic (exact) mass is 385 g/mol. The minimum Gasteiger partial charge on any atom is -0.326 e. The molecule has 0 radical (unpaired) electrons. The van der Waals surface area contributed by atoms with Gasteiger partial charge in [0.1, 0.15) is 11.8 Å². The number of carbonyl (C=O) groups excluding carboxylic acids is 1. The minimum atomic E-state index is -0.533. The van der Waals surface area contributed by atoms with E-state index < -0.39 is 5.91 Å². The number of hydrogen-bond acceptors (Lipinski definition) is 5. The highest BCUT2D eigenvalue weighted by Gasteiger charge is 2.20. The van der Waals surface area contributed by atoms with Crippen LogP contribution in [0, 0.1) is 11.3 Å². The minimum absolute atomic E-state index is 0.0328. The van der Waals surface area contributed by atoms with Crippen LogP contribution in [0.4, 0.5) is 0 Å². The van der Waals surface area contributed by atoms with Crippen molar-refractivity contribution in [3.05, 3.63) is 88.9 Å². The number of H-pyrrole nitrogens is 1. The van der Waals surface area contributed by atoms with Crippen molar-refractivity contribution in [2.75, 3.05) is 0 Å². The zero-order valence-electron chi connectivity index (χ0n) is 15.7. The maximum atomic E-state index is 12.6. The summed E-state index contributed by atoms with van der Waals surface area (Å²) in [4.78, 5) is 23.4. The highest BCUT2D eigenvalue weighted by molar-refractivity contribution is 6.18. The van der Waals surface area contributed by atoms with E-state index in [1.165, 1.54) is 6.20 Å². The lowest BCUT2D eigenvalue weighted by Crippen LogP contribution is -2.16. The van der Waals surface area contributed by atoms with E-state index in [1.807, 2.05) is 30.4 Å². The maximum absolute atomic E-state index is 12.6. The molecule has 7 heteroatoms. The van der Waals surface area contributed by atoms with Gasteiger partial charge in [-0.15, -0.1) is 0 Å². The fourth-order valence-electron chi connectivity index (χ4n) is 3.44. The summed E-state index contributed by atoms with van der Waals surface area (Å²) < 4.78 is 0. The summed E-state index contributed by atoms with van der Waals surface area (Å²) >= 11 is 0. The van der Waals surface area contributed by atoms with Gasteiger partial charge in [0, 0.05) is 17.3 Å². The van der Waals surface area contributed by atoms with Gasteiger partial charge in [-0.2, -0.15) is 5.26 Å². The molecule has 4 rings (SSSR count). The second-order valence-corrected chi connectivity index (χ2v) is 6.81. The van der Waals surface area contributed by atoms with Crippen LogP contribution in [0.3, 0.4) is 0 Å². The molecule has 29 heavy (non-hydrogen) atoms. The molecule has 1 amide bonds. The topological polar surface area (TPSA) is 105 Å². The van der Waals surface area contributed by atoms with Crippen molar-refractivity contribution in [2.24, 2.45) is 4.99 Å². The van der Waals surface area contributed by atoms with Crippen molar-refractivity contribution in [3.63, 3.8) is 0 Å². The standard InChI is InChI=1S/C22H19N5O2/c23-13-17-14-24-21(25-17)22(28)26-19-10-9-16(20-8-4-5-11-27(20)29)12-18(19)15-6-2-1-3-7-15/h4-6,8-12,14,29H,1-3,7H2,(H,24,25). The summed E-state index contributed by atoms with van der Waals surface area (Å²) in [6, 6.07) is 1.91. The Morgan fingerprint density at radius 1 is 1.28 bits per heavy atom. The van der Waals surface area contributed by atoms with Gasteiger partial charge in [0.25, 0.3) is 0 Å². The van der Waals surface area contributed by atoms with Crippen LogP contribution in [0.1, 0.15) is 42.0 Å². The molecule has 3 aliphatic rings. The molecule has 0 aromatic carbocycles. The number of aliphatic imine (C=N–C) groups is 1. The van der Waals surface area contributed by atoms with E-state index in [0.29, 0.717) is 11.4 Å². The number of nitrogens with one attached hydrogen (secondary N) is 1. The highest BCUT2D eigenvalue weighted by Crippen LogP contribution is 2.30. The summed E-state index contributed by atoms with van der Waals surface area (Å²) in [7, 11) is 0. The number of hydrogen-bond donors (Lipinski definition) is 2. The first kappa shape index (κ1) is 18.6. The summed E-state index contributed by atoms with van der Waals surface area (Å²) in [5, 5.41) is 20.1. The third-order valence-electron chi connectivity index (χ3n) is 4.89. The molecule has 0 saturated carbocycles. The quantitative estimate of drug-likeness (QED) is 0.803. The first-order valence-corrected chi connectivity index (χ1v) is 9.40. The number of amides is 1. The number of carbonyl (C=O) groups is 1. The third kappa shape index (κ3) is 3.93. The predicted octanol–water partition coefficient (Wildman–Crippen LogP) is 3.89. The molecule has 0 unspecified atom stereocenters. The predicted molar refractivity (Wildman–Crippen MR) is 108 cm³/mol. The molecular weight excluding hydrogens is 366 g/mol. The van der Waals surface area contributed by atoms with E-state index in [4.69, 9.17) is 5.26 Å². The Balaban J connectivity index is 1.74. The fourth-order valence-corrected chi connectivity index (χ4v) is 3.44. The van der Waals surface area contributed by atoms with Crippen LogP contribution < -0.4 is 0 Å². The molecular formula is C22H19N5O2. The number of nitriles is 1. The van der Waals surface area contributed by atoms with E-state index >= 15 is 0 Å². The normalized spacial score (nSPS) is 22.5. The number of aromatic nitrogens is 2. The van der Waals surface area contributed by atoms with E-state index in [-0.39, 0.29) is 11.5 Å². The molecule has 0 bridgehead atoms. The number of aromatic amines is 1. The molecule has 0 spiro atoms. The van der Waals surface area contributed by atoms with E-state index in [2.05, 4.69) is 21.0 Å². The van der Waals surface area contributed by atoms with Gasteiger partial charge in [0.2, 0.25) is 0 Å². The number of allylic oxidation sites excluding steroid dienone is 10. The van der Waals surface area contributed by atoms with E-state index in [9.17, 15) is 10.0 Å². The smallest absolute Gasteiger partial charge is 0.313 e. The third-order valence-corrected chi connectivity index (χ3v) is 4.89. The largest absolute Gasteiger partial charge is 0.326 e. The summed E-state index contributed by atoms with van der Waals surface area (Å²) in [6.07, 6.45) is 20.2. The van der Waals surface area contributed by atoms with E-state index in [1.54, 1.807) is 18.4 Å². The van der Waals surface area contributed by atoms with Crippen molar-refractivity contribution in [1.82, 2.24) is 15.0 Å². The summed E-state index contributed by atoms with van der Waals surface area (Å²) in [5.74, 6) is -0.501. The van der Waals surface area contributed by atoms with Crippen LogP contribution in [0.15, 0.2) is 82.3 Å². The lowest BCUT2D eigenvalue weighted by Gasteiger charge is -2.22. The molecule has 1 aromatic rings. The molecule has 7 nitrogen and oxygen atoms in total. The van der Waals surface area contributed by atoms with Crippen molar-refractivity contribution in [1.29, 1.82) is 5.26 Å². The average Bonchev–Trinajstić information content (AvgIpc) is 3.25. The summed E-state index contributed by atoms with van der Waals surface area (Å²) in [6.45, 7) is 0. The van der Waals surface area contributed by atoms with Gasteiger partial charge in [-0.3, -0.25) is 10.0 Å². The lowest BCUT2D eigenvalue weighted by atomic mass is 9.86. The second kappa shape index (κ2) is 8.09. The maximum Gasteiger partial charge on any atom is 0.313 e. The molecule has 2 N–H and O–H groups in total. The van der Waals surface area contributed by atoms with Gasteiger partial charge in [0.05, 0.1) is 17.6 Å². The second-order valence-electron chi connectivity index (χ2n) is 6.81. The van der Waals surface area contributed by atoms with Crippen LogP contribution in [0.2, 0.25) is 0 Å². The number of hydroxylamine groups is 2. The molecule has 1 aliphatic heterocycles. The highest BCUT2D eigenvalue weighted by atomic mass is 16.5. The molecule has 2 aliphatic carbocycles. The molecule has 1 aromatic heterocycles. The number of nitrogens with zero attached hydrogens (tertiary/aromatic N) is 4. The Labute approximate surface area is 168 Å². The Hall–Kier alpha value is -3.76. The van der Waals surface area contributed by atoms with Crippen LogP contribution in [-0.2, 0) is 0 Å². The van der Waals surface area contributed by atoms with Gasteiger partial charge in [-0.05, 0) is 55.6 Å². The Kier molecular flexibility index (Phi) is 5.18. The zero-order chi connectivity index (χ0) is 20.2. The lowest BCUT2D eigenvalue weighted by molar-refractivity contribution is -0.000833. The van der Waals surface area contributed by atoms with Crippen molar-refractivity contribution >= 4 is 11.6 Å². The number of rotatable bonds is 2. The zero-order valence-corrected chi connectivity index (χ0v) is 15.7. The Morgan fingerprint density at radius 3 is 2.90 bits per heavy atom. The molecule has 0 saturated heterocycles. The molecule has 144 valence electrons. The van der Waals surface area contributed by atoms with Crippen LogP contribution >= 0.6 is 0 Å². The fraction of sp³-hybridized carbons (Fsp3) is 0.182. The summed E-state index contributed by atoms with van der Waals surface area (Å²) in [5.41, 5.74) is 4.24. The van der Waals surface area contributed by atoms with Crippen LogP contribution in [0.25, 0.3) is 0 Å². The molecule has 0 fully saturated rings. The van der Waals surface area contributed by atoms with E-state index in [0.717, 1.165) is 47.5 Å². The van der Waals surface area contributed by atoms with Gasteiger partial charge >= 0.3 is 5.91 Å². The van der Waals surface area contributed by atoms with Crippen molar-refractivity contribution in [2.45, 2.75) is 25.7 Å². The van der Waals surface area contributed by atoms with Gasteiger partial charge in [-0.1, -0.05) is 18.2 Å². The average molecular weight is 385 g/mol. The van der Waals surface area contributed by atoms with Gasteiger partial charge in [0.15, 0.2) is 5.82 Å². The Bertz CT molecular complexity index is 1100. The van der Waals surface area contributed by atoms with Crippen molar-refractivity contribution < 1.29 is 10.0 Å². The Morgan fingerprint density at radius 2 is 2.17 bits per heavy atom.